The molecule has 0 aliphatic carbocycles. The molecule has 0 saturated carbocycles. The van der Waals surface area contributed by atoms with Gasteiger partial charge < -0.3 is 15.2 Å². The van der Waals surface area contributed by atoms with Gasteiger partial charge in [0.1, 0.15) is 0 Å². The highest BCUT2D eigenvalue weighted by Crippen LogP contribution is 2.21. The van der Waals surface area contributed by atoms with Crippen LogP contribution in [-0.4, -0.2) is 32.5 Å². The third-order valence-electron chi connectivity index (χ3n) is 2.19. The van der Waals surface area contributed by atoms with Crippen LogP contribution >= 0.6 is 0 Å². The van der Waals surface area contributed by atoms with E-state index in [0.717, 1.165) is 13.0 Å². The maximum Gasteiger partial charge on any atom is 0.0617 e. The zero-order chi connectivity index (χ0) is 8.27. The molecule has 0 radical (unpaired) electrons. The van der Waals surface area contributed by atoms with Crippen LogP contribution in [0.15, 0.2) is 0 Å². The molecule has 3 heteroatoms. The fourth-order valence-corrected chi connectivity index (χ4v) is 1.48. The first kappa shape index (κ1) is 8.97. The molecule has 1 fully saturated rings. The monoisotopic (exact) mass is 159 g/mol. The van der Waals surface area contributed by atoms with Crippen LogP contribution in [0.4, 0.5) is 0 Å². The van der Waals surface area contributed by atoms with E-state index in [0.29, 0.717) is 18.6 Å². The molecule has 0 spiro atoms. The van der Waals surface area contributed by atoms with Gasteiger partial charge in [-0.3, -0.25) is 0 Å². The number of ether oxygens (including phenoxy) is 2. The second-order valence-corrected chi connectivity index (χ2v) is 3.26. The van der Waals surface area contributed by atoms with Crippen LogP contribution in [-0.2, 0) is 9.47 Å². The van der Waals surface area contributed by atoms with Gasteiger partial charge in [-0.05, 0) is 13.3 Å². The van der Waals surface area contributed by atoms with Crippen molar-refractivity contribution in [2.45, 2.75) is 25.5 Å². The Morgan fingerprint density at radius 2 is 2.45 bits per heavy atom. The molecule has 0 aromatic heterocycles. The lowest BCUT2D eigenvalue weighted by molar-refractivity contribution is 0.110. The molecule has 11 heavy (non-hydrogen) atoms. The van der Waals surface area contributed by atoms with E-state index in [1.54, 1.807) is 7.11 Å². The molecule has 3 atom stereocenters. The Kier molecular flexibility index (Phi) is 3.30. The van der Waals surface area contributed by atoms with E-state index in [1.807, 2.05) is 0 Å². The zero-order valence-corrected chi connectivity index (χ0v) is 7.25. The molecule has 3 nitrogen and oxygen atoms in total. The van der Waals surface area contributed by atoms with Crippen LogP contribution in [0, 0.1) is 5.92 Å². The summed E-state index contributed by atoms with van der Waals surface area (Å²) >= 11 is 0. The number of nitrogens with two attached hydrogens (primary N) is 1. The highest BCUT2D eigenvalue weighted by atomic mass is 16.5. The molecule has 2 N–H and O–H groups in total. The summed E-state index contributed by atoms with van der Waals surface area (Å²) in [4.78, 5) is 0. The maximum absolute atomic E-state index is 5.85. The van der Waals surface area contributed by atoms with Gasteiger partial charge in [0, 0.05) is 19.1 Å². The van der Waals surface area contributed by atoms with E-state index in [9.17, 15) is 0 Å². The van der Waals surface area contributed by atoms with E-state index in [1.165, 1.54) is 0 Å². The summed E-state index contributed by atoms with van der Waals surface area (Å²) in [5.41, 5.74) is 5.85. The van der Waals surface area contributed by atoms with Crippen LogP contribution in [0.1, 0.15) is 13.3 Å². The summed E-state index contributed by atoms with van der Waals surface area (Å²) in [6.07, 6.45) is 1.45. The maximum atomic E-state index is 5.85. The van der Waals surface area contributed by atoms with Crippen molar-refractivity contribution in [3.05, 3.63) is 0 Å². The lowest BCUT2D eigenvalue weighted by Gasteiger charge is -2.15. The van der Waals surface area contributed by atoms with Gasteiger partial charge in [-0.15, -0.1) is 0 Å². The Balaban J connectivity index is 2.25. The van der Waals surface area contributed by atoms with E-state index in [-0.39, 0.29) is 6.04 Å². The molecule has 1 heterocycles. The molecule has 66 valence electrons. The third-order valence-corrected chi connectivity index (χ3v) is 2.19. The lowest BCUT2D eigenvalue weighted by Crippen LogP contribution is -2.34. The van der Waals surface area contributed by atoms with Crippen molar-refractivity contribution >= 4 is 0 Å². The second-order valence-electron chi connectivity index (χ2n) is 3.26. The lowest BCUT2D eigenvalue weighted by atomic mass is 9.98. The fraction of sp³-hybridized carbons (Fsp3) is 1.00. The standard InChI is InChI=1S/C8H17NO2/c1-6-3-7(4-11-6)8(9)5-10-2/h6-8H,3-5,9H2,1-2H3. The van der Waals surface area contributed by atoms with Gasteiger partial charge in [-0.25, -0.2) is 0 Å². The van der Waals surface area contributed by atoms with Crippen molar-refractivity contribution < 1.29 is 9.47 Å². The number of methoxy groups -OCH3 is 1. The van der Waals surface area contributed by atoms with Gasteiger partial charge in [-0.2, -0.15) is 0 Å². The predicted molar refractivity (Wildman–Crippen MR) is 43.4 cm³/mol. The zero-order valence-electron chi connectivity index (χ0n) is 7.25. The molecule has 0 aromatic carbocycles. The van der Waals surface area contributed by atoms with Crippen LogP contribution in [0.25, 0.3) is 0 Å². The minimum Gasteiger partial charge on any atom is -0.383 e. The highest BCUT2D eigenvalue weighted by Gasteiger charge is 2.26. The third kappa shape index (κ3) is 2.43. The SMILES string of the molecule is COCC(N)C1COC(C)C1. The first-order chi connectivity index (χ1) is 5.24. The first-order valence-corrected chi connectivity index (χ1v) is 4.10. The van der Waals surface area contributed by atoms with Crippen molar-refractivity contribution in [3.8, 4) is 0 Å². The largest absolute Gasteiger partial charge is 0.383 e. The average Bonchev–Trinajstić information content (AvgIpc) is 2.36. The van der Waals surface area contributed by atoms with Crippen molar-refractivity contribution in [2.24, 2.45) is 11.7 Å². The van der Waals surface area contributed by atoms with Crippen LogP contribution in [0.3, 0.4) is 0 Å². The Hall–Kier alpha value is -0.120. The van der Waals surface area contributed by atoms with Crippen molar-refractivity contribution in [2.75, 3.05) is 20.3 Å². The highest BCUT2D eigenvalue weighted by molar-refractivity contribution is 4.79. The van der Waals surface area contributed by atoms with Crippen molar-refractivity contribution in [3.63, 3.8) is 0 Å². The molecule has 0 bridgehead atoms. The summed E-state index contributed by atoms with van der Waals surface area (Å²) < 4.78 is 10.4. The normalized spacial score (nSPS) is 34.1. The minimum absolute atomic E-state index is 0.143. The topological polar surface area (TPSA) is 44.5 Å². The van der Waals surface area contributed by atoms with Gasteiger partial charge in [0.05, 0.1) is 19.3 Å². The summed E-state index contributed by atoms with van der Waals surface area (Å²) in [5.74, 6) is 0.491. The minimum atomic E-state index is 0.143. The summed E-state index contributed by atoms with van der Waals surface area (Å²) in [6.45, 7) is 3.52. The summed E-state index contributed by atoms with van der Waals surface area (Å²) in [5, 5.41) is 0. The molecular weight excluding hydrogens is 142 g/mol. The molecule has 1 aliphatic heterocycles. The van der Waals surface area contributed by atoms with Gasteiger partial charge in [0.25, 0.3) is 0 Å². The predicted octanol–water partition coefficient (Wildman–Crippen LogP) is 0.385. The molecule has 3 unspecified atom stereocenters. The van der Waals surface area contributed by atoms with Gasteiger partial charge in [0.2, 0.25) is 0 Å². The summed E-state index contributed by atoms with van der Waals surface area (Å²) in [6, 6.07) is 0.143. The van der Waals surface area contributed by atoms with E-state index >= 15 is 0 Å². The molecule has 0 amide bonds. The first-order valence-electron chi connectivity index (χ1n) is 4.10. The molecular formula is C8H17NO2. The van der Waals surface area contributed by atoms with Crippen molar-refractivity contribution in [1.29, 1.82) is 0 Å². The van der Waals surface area contributed by atoms with Crippen LogP contribution in [0.2, 0.25) is 0 Å². The van der Waals surface area contributed by atoms with Crippen LogP contribution < -0.4 is 5.73 Å². The van der Waals surface area contributed by atoms with Gasteiger partial charge >= 0.3 is 0 Å². The molecule has 1 saturated heterocycles. The molecule has 1 rings (SSSR count). The Bertz CT molecular complexity index is 119. The van der Waals surface area contributed by atoms with Gasteiger partial charge in [0.15, 0.2) is 0 Å². The van der Waals surface area contributed by atoms with Gasteiger partial charge in [-0.1, -0.05) is 0 Å². The van der Waals surface area contributed by atoms with Crippen LogP contribution in [0.5, 0.6) is 0 Å². The Labute approximate surface area is 67.9 Å². The van der Waals surface area contributed by atoms with E-state index in [2.05, 4.69) is 6.92 Å². The van der Waals surface area contributed by atoms with Crippen molar-refractivity contribution in [1.82, 2.24) is 0 Å². The second kappa shape index (κ2) is 4.04. The molecule has 0 aromatic rings. The Morgan fingerprint density at radius 1 is 1.73 bits per heavy atom. The molecule has 1 aliphatic rings. The summed E-state index contributed by atoms with van der Waals surface area (Å²) in [7, 11) is 1.68. The number of hydrogen-bond acceptors (Lipinski definition) is 3. The van der Waals surface area contributed by atoms with E-state index in [4.69, 9.17) is 15.2 Å². The fourth-order valence-electron chi connectivity index (χ4n) is 1.48. The Morgan fingerprint density at radius 3 is 2.91 bits per heavy atom. The smallest absolute Gasteiger partial charge is 0.0617 e. The van der Waals surface area contributed by atoms with E-state index < -0.39 is 0 Å². The number of hydrogen-bond donors (Lipinski definition) is 1. The number of rotatable bonds is 3. The quantitative estimate of drug-likeness (QED) is 0.647. The average molecular weight is 159 g/mol.